The van der Waals surface area contributed by atoms with Crippen LogP contribution in [0.3, 0.4) is 0 Å². The minimum Gasteiger partial charge on any atom is -0.272 e. The number of para-hydroxylation sites is 1. The molecule has 4 nitrogen and oxygen atoms in total. The van der Waals surface area contributed by atoms with Crippen LogP contribution in [-0.2, 0) is 0 Å². The van der Waals surface area contributed by atoms with Crippen LogP contribution >= 0.6 is 35.1 Å². The number of hydrogen-bond acceptors (Lipinski definition) is 3. The summed E-state index contributed by atoms with van der Waals surface area (Å²) >= 11 is 10.8. The first-order valence-corrected chi connectivity index (χ1v) is 7.63. The lowest BCUT2D eigenvalue weighted by Gasteiger charge is -2.25. The van der Waals surface area contributed by atoms with Gasteiger partial charge in [-0.25, -0.2) is 9.18 Å². The summed E-state index contributed by atoms with van der Waals surface area (Å²) in [7, 11) is 0. The molecule has 0 saturated carbocycles. The fraction of sp³-hybridized carbons (Fsp3) is 0.417. The van der Waals surface area contributed by atoms with Gasteiger partial charge in [-0.1, -0.05) is 49.2 Å². The number of carbonyl (C=O) groups is 1. The number of alkyl halides is 3. The number of rotatable bonds is 4. The zero-order valence-corrected chi connectivity index (χ0v) is 13.5. The molecular weight excluding hydrogens is 343 g/mol. The van der Waals surface area contributed by atoms with E-state index >= 15 is 0 Å². The van der Waals surface area contributed by atoms with Crippen LogP contribution in [0.5, 0.6) is 0 Å². The number of amides is 2. The third kappa shape index (κ3) is 3.71. The molecule has 0 aromatic heterocycles. The van der Waals surface area contributed by atoms with Crippen LogP contribution in [0.4, 0.5) is 19.3 Å². The average Bonchev–Trinajstić information content (AvgIpc) is 2.66. The smallest absolute Gasteiger partial charge is 0.272 e. The summed E-state index contributed by atoms with van der Waals surface area (Å²) in [6.45, 7) is 3.69. The van der Waals surface area contributed by atoms with E-state index in [1.807, 2.05) is 13.8 Å². The zero-order chi connectivity index (χ0) is 15.8. The molecule has 1 atom stereocenters. The highest BCUT2D eigenvalue weighted by Gasteiger charge is 2.44. The Balaban J connectivity index is 2.34. The molecule has 9 heteroatoms. The van der Waals surface area contributed by atoms with Crippen molar-refractivity contribution in [2.75, 3.05) is 4.90 Å². The molecule has 1 aliphatic rings. The van der Waals surface area contributed by atoms with Gasteiger partial charge in [-0.2, -0.15) is 14.2 Å². The minimum atomic E-state index is -2.67. The molecule has 2 amide bonds. The van der Waals surface area contributed by atoms with Crippen molar-refractivity contribution in [3.63, 3.8) is 0 Å². The first kappa shape index (κ1) is 16.6. The zero-order valence-electron chi connectivity index (χ0n) is 11.2. The van der Waals surface area contributed by atoms with Crippen LogP contribution in [0.2, 0.25) is 0 Å². The van der Waals surface area contributed by atoms with Crippen LogP contribution in [0.25, 0.3) is 0 Å². The molecule has 21 heavy (non-hydrogen) atoms. The van der Waals surface area contributed by atoms with Gasteiger partial charge in [0.05, 0.1) is 5.69 Å². The number of nitrogens with one attached hydrogen (secondary N) is 1. The van der Waals surface area contributed by atoms with E-state index in [1.165, 1.54) is 23.1 Å². The first-order chi connectivity index (χ1) is 9.70. The number of carbonyl (C=O) groups excluding carboxylic acids is 1. The number of urea groups is 1. The van der Waals surface area contributed by atoms with E-state index in [2.05, 4.69) is 5.43 Å². The molecule has 1 N–H and O–H groups in total. The van der Waals surface area contributed by atoms with Crippen molar-refractivity contribution >= 4 is 46.9 Å². The Hall–Kier alpha value is -0.760. The number of halogens is 4. The monoisotopic (exact) mass is 355 g/mol. The predicted octanol–water partition coefficient (Wildman–Crippen LogP) is 4.26. The summed E-state index contributed by atoms with van der Waals surface area (Å²) in [6.07, 6.45) is -0.544. The van der Waals surface area contributed by atoms with E-state index in [0.717, 1.165) is 4.41 Å². The maximum absolute atomic E-state index is 13.9. The number of nitrogens with zero attached hydrogens (tertiary/aromatic N) is 2. The Bertz CT molecular complexity index is 541. The van der Waals surface area contributed by atoms with Crippen molar-refractivity contribution in [2.45, 2.75) is 23.9 Å². The summed E-state index contributed by atoms with van der Waals surface area (Å²) in [6, 6.07) is 5.21. The van der Waals surface area contributed by atoms with Gasteiger partial charge in [-0.3, -0.25) is 4.90 Å². The molecule has 0 radical (unpaired) electrons. The van der Waals surface area contributed by atoms with Gasteiger partial charge in [0.15, 0.2) is 0 Å². The molecular formula is C12H13Cl2F2N3OS. The normalized spacial score (nSPS) is 19.8. The van der Waals surface area contributed by atoms with E-state index in [0.29, 0.717) is 0 Å². The van der Waals surface area contributed by atoms with Crippen LogP contribution in [0, 0.1) is 11.7 Å². The highest BCUT2D eigenvalue weighted by Crippen LogP contribution is 2.41. The third-order valence-corrected chi connectivity index (χ3v) is 3.91. The molecule has 1 fully saturated rings. The Morgan fingerprint density at radius 3 is 2.52 bits per heavy atom. The Morgan fingerprint density at radius 1 is 1.38 bits per heavy atom. The van der Waals surface area contributed by atoms with Gasteiger partial charge < -0.3 is 0 Å². The van der Waals surface area contributed by atoms with Gasteiger partial charge in [-0.15, -0.1) is 0 Å². The molecule has 1 saturated heterocycles. The van der Waals surface area contributed by atoms with Crippen LogP contribution < -0.4 is 10.3 Å². The quantitative estimate of drug-likeness (QED) is 0.647. The maximum Gasteiger partial charge on any atom is 0.351 e. The largest absolute Gasteiger partial charge is 0.351 e. The molecule has 1 unspecified atom stereocenters. The van der Waals surface area contributed by atoms with Crippen molar-refractivity contribution in [1.29, 1.82) is 0 Å². The summed E-state index contributed by atoms with van der Waals surface area (Å²) < 4.78 is 25.5. The fourth-order valence-electron chi connectivity index (χ4n) is 1.97. The van der Waals surface area contributed by atoms with Crippen molar-refractivity contribution in [3.8, 4) is 0 Å². The lowest BCUT2D eigenvalue weighted by atomic mass is 10.1. The van der Waals surface area contributed by atoms with Crippen molar-refractivity contribution in [1.82, 2.24) is 9.84 Å². The Labute approximate surface area is 135 Å². The summed E-state index contributed by atoms with van der Waals surface area (Å²) in [4.78, 5) is 13.6. The molecule has 0 aliphatic carbocycles. The lowest BCUT2D eigenvalue weighted by Crippen LogP contribution is -2.42. The number of anilines is 1. The van der Waals surface area contributed by atoms with Gasteiger partial charge in [0.2, 0.25) is 0 Å². The topological polar surface area (TPSA) is 35.6 Å². The fourth-order valence-corrected chi connectivity index (χ4v) is 2.91. The van der Waals surface area contributed by atoms with Crippen molar-refractivity contribution < 1.29 is 13.6 Å². The molecule has 1 aromatic rings. The molecule has 1 aliphatic heterocycles. The molecule has 1 heterocycles. The summed E-state index contributed by atoms with van der Waals surface area (Å²) in [5.74, 6) is -0.604. The van der Waals surface area contributed by atoms with E-state index < -0.39 is 21.9 Å². The van der Waals surface area contributed by atoms with Crippen LogP contribution in [0.15, 0.2) is 24.3 Å². The molecule has 1 aromatic carbocycles. The van der Waals surface area contributed by atoms with Gasteiger partial charge in [0.1, 0.15) is 12.0 Å². The number of hydrogen-bond donors (Lipinski definition) is 1. The highest BCUT2D eigenvalue weighted by molar-refractivity contribution is 8.01. The van der Waals surface area contributed by atoms with E-state index in [-0.39, 0.29) is 23.6 Å². The Kier molecular flexibility index (Phi) is 4.87. The first-order valence-electron chi connectivity index (χ1n) is 6.10. The predicted molar refractivity (Wildman–Crippen MR) is 81.0 cm³/mol. The van der Waals surface area contributed by atoms with E-state index in [1.54, 1.807) is 6.07 Å². The van der Waals surface area contributed by atoms with Gasteiger partial charge in [0.25, 0.3) is 0 Å². The minimum absolute atomic E-state index is 0.0566. The van der Waals surface area contributed by atoms with Gasteiger partial charge in [-0.05, 0) is 18.1 Å². The SMILES string of the molecule is CC(C)C1NN(SC(F)(Cl)Cl)C(=O)N1c1ccccc1F. The van der Waals surface area contributed by atoms with Crippen molar-refractivity contribution in [2.24, 2.45) is 5.92 Å². The maximum atomic E-state index is 13.9. The third-order valence-electron chi connectivity index (χ3n) is 2.85. The number of benzene rings is 1. The molecule has 116 valence electrons. The second-order valence-corrected chi connectivity index (χ2v) is 7.55. The van der Waals surface area contributed by atoms with Crippen LogP contribution in [-0.4, -0.2) is 20.5 Å². The molecule has 0 spiro atoms. The van der Waals surface area contributed by atoms with E-state index in [9.17, 15) is 13.6 Å². The van der Waals surface area contributed by atoms with E-state index in [4.69, 9.17) is 23.2 Å². The second kappa shape index (κ2) is 6.16. The average molecular weight is 356 g/mol. The highest BCUT2D eigenvalue weighted by atomic mass is 35.5. The lowest BCUT2D eigenvalue weighted by molar-refractivity contribution is 0.235. The summed E-state index contributed by atoms with van der Waals surface area (Å²) in [5, 5.41) is 0. The van der Waals surface area contributed by atoms with Gasteiger partial charge >= 0.3 is 9.95 Å². The Morgan fingerprint density at radius 2 is 2.00 bits per heavy atom. The van der Waals surface area contributed by atoms with Crippen molar-refractivity contribution in [3.05, 3.63) is 30.1 Å². The molecule has 0 bridgehead atoms. The molecule has 2 rings (SSSR count). The standard InChI is InChI=1S/C12H13Cl2F2N3OS/c1-7(2)10-17-19(21-12(13,14)16)11(20)18(10)9-6-4-3-5-8(9)15/h3-7,10,17H,1-2H3. The second-order valence-electron chi connectivity index (χ2n) is 4.75. The number of hydrazine groups is 1. The van der Waals surface area contributed by atoms with Crippen LogP contribution in [0.1, 0.15) is 13.8 Å². The summed E-state index contributed by atoms with van der Waals surface area (Å²) in [5.41, 5.74) is 2.87. The van der Waals surface area contributed by atoms with Gasteiger partial charge in [0, 0.05) is 11.9 Å².